The van der Waals surface area contributed by atoms with Gasteiger partial charge < -0.3 is 0 Å². The number of carbonyl (C=O) groups is 1. The summed E-state index contributed by atoms with van der Waals surface area (Å²) in [6, 6.07) is 0. The number of hydrogen-bond donors (Lipinski definition) is 0. The summed E-state index contributed by atoms with van der Waals surface area (Å²) in [7, 11) is 0. The number of ketones is 1. The molecular formula is C9H13ClO. The number of halogens is 1. The maximum atomic E-state index is 11.4. The van der Waals surface area contributed by atoms with Crippen LogP contribution in [-0.2, 0) is 4.79 Å². The molecule has 1 atom stereocenters. The van der Waals surface area contributed by atoms with Gasteiger partial charge in [0.1, 0.15) is 0 Å². The Morgan fingerprint density at radius 2 is 2.18 bits per heavy atom. The minimum atomic E-state index is -0.256. The standard InChI is InChI=1S/C9H13ClO/c1-6(2)7-4-3-5-8(10)9(7)11/h8H,3-5H2,1-2H3. The van der Waals surface area contributed by atoms with Crippen LogP contribution in [0.4, 0.5) is 0 Å². The van der Waals surface area contributed by atoms with Gasteiger partial charge in [-0.05, 0) is 38.7 Å². The third-order valence-corrected chi connectivity index (χ3v) is 2.49. The fraction of sp³-hybridized carbons (Fsp3) is 0.667. The minimum absolute atomic E-state index is 0.151. The summed E-state index contributed by atoms with van der Waals surface area (Å²) in [6.07, 6.45) is 2.82. The topological polar surface area (TPSA) is 17.1 Å². The van der Waals surface area contributed by atoms with Crippen molar-refractivity contribution in [2.75, 3.05) is 0 Å². The number of allylic oxidation sites excluding steroid dienone is 2. The Balaban J connectivity index is 2.83. The van der Waals surface area contributed by atoms with E-state index in [9.17, 15) is 4.79 Å². The van der Waals surface area contributed by atoms with E-state index in [2.05, 4.69) is 0 Å². The number of Topliss-reactive ketones (excluding diaryl/α,β-unsaturated/α-hetero) is 1. The lowest BCUT2D eigenvalue weighted by atomic mass is 9.90. The molecule has 1 nitrogen and oxygen atoms in total. The zero-order valence-corrected chi connectivity index (χ0v) is 7.74. The summed E-state index contributed by atoms with van der Waals surface area (Å²) in [6.45, 7) is 3.95. The fourth-order valence-corrected chi connectivity index (χ4v) is 1.68. The van der Waals surface area contributed by atoms with E-state index in [4.69, 9.17) is 11.6 Å². The number of hydrogen-bond acceptors (Lipinski definition) is 1. The van der Waals surface area contributed by atoms with E-state index < -0.39 is 0 Å². The highest BCUT2D eigenvalue weighted by Crippen LogP contribution is 2.25. The van der Waals surface area contributed by atoms with Crippen molar-refractivity contribution in [1.29, 1.82) is 0 Å². The molecule has 1 unspecified atom stereocenters. The van der Waals surface area contributed by atoms with Crippen LogP contribution >= 0.6 is 11.6 Å². The van der Waals surface area contributed by atoms with Crippen molar-refractivity contribution in [3.63, 3.8) is 0 Å². The van der Waals surface area contributed by atoms with Gasteiger partial charge in [-0.15, -0.1) is 11.6 Å². The molecule has 1 aliphatic rings. The average Bonchev–Trinajstić information content (AvgIpc) is 1.94. The predicted molar refractivity (Wildman–Crippen MR) is 46.9 cm³/mol. The van der Waals surface area contributed by atoms with Crippen LogP contribution in [0, 0.1) is 0 Å². The van der Waals surface area contributed by atoms with Gasteiger partial charge in [-0.1, -0.05) is 5.57 Å². The molecule has 0 bridgehead atoms. The van der Waals surface area contributed by atoms with Crippen molar-refractivity contribution in [3.8, 4) is 0 Å². The molecule has 1 saturated carbocycles. The van der Waals surface area contributed by atoms with E-state index in [1.165, 1.54) is 0 Å². The van der Waals surface area contributed by atoms with Crippen LogP contribution in [0.1, 0.15) is 33.1 Å². The maximum absolute atomic E-state index is 11.4. The summed E-state index contributed by atoms with van der Waals surface area (Å²) < 4.78 is 0. The van der Waals surface area contributed by atoms with E-state index in [1.54, 1.807) is 0 Å². The Morgan fingerprint density at radius 1 is 1.55 bits per heavy atom. The normalized spacial score (nSPS) is 25.5. The molecule has 1 aliphatic carbocycles. The SMILES string of the molecule is CC(C)=C1CCCC(Cl)C1=O. The first-order valence-electron chi connectivity index (χ1n) is 3.97. The van der Waals surface area contributed by atoms with E-state index >= 15 is 0 Å². The number of carbonyl (C=O) groups excluding carboxylic acids is 1. The summed E-state index contributed by atoms with van der Waals surface area (Å²) in [4.78, 5) is 11.4. The summed E-state index contributed by atoms with van der Waals surface area (Å²) >= 11 is 5.82. The van der Waals surface area contributed by atoms with Gasteiger partial charge in [0, 0.05) is 0 Å². The molecule has 0 aliphatic heterocycles. The van der Waals surface area contributed by atoms with Crippen LogP contribution in [0.3, 0.4) is 0 Å². The molecule has 1 rings (SSSR count). The fourth-order valence-electron chi connectivity index (χ4n) is 1.40. The van der Waals surface area contributed by atoms with Crippen molar-refractivity contribution in [1.82, 2.24) is 0 Å². The zero-order valence-electron chi connectivity index (χ0n) is 6.98. The van der Waals surface area contributed by atoms with Crippen molar-refractivity contribution >= 4 is 17.4 Å². The third-order valence-electron chi connectivity index (χ3n) is 2.07. The van der Waals surface area contributed by atoms with E-state index in [0.717, 1.165) is 30.4 Å². The summed E-state index contributed by atoms with van der Waals surface area (Å²) in [5, 5.41) is -0.256. The van der Waals surface area contributed by atoms with Crippen molar-refractivity contribution in [2.24, 2.45) is 0 Å². The van der Waals surface area contributed by atoms with Gasteiger partial charge in [-0.25, -0.2) is 0 Å². The monoisotopic (exact) mass is 172 g/mol. The van der Waals surface area contributed by atoms with Crippen LogP contribution < -0.4 is 0 Å². The number of rotatable bonds is 0. The third kappa shape index (κ3) is 1.84. The molecule has 0 spiro atoms. The van der Waals surface area contributed by atoms with Gasteiger partial charge in [0.05, 0.1) is 5.38 Å². The van der Waals surface area contributed by atoms with Crippen LogP contribution in [0.5, 0.6) is 0 Å². The van der Waals surface area contributed by atoms with Gasteiger partial charge in [0.2, 0.25) is 0 Å². The average molecular weight is 173 g/mol. The zero-order chi connectivity index (χ0) is 8.43. The Morgan fingerprint density at radius 3 is 2.64 bits per heavy atom. The summed E-state index contributed by atoms with van der Waals surface area (Å²) in [5.41, 5.74) is 2.08. The van der Waals surface area contributed by atoms with Gasteiger partial charge in [-0.3, -0.25) is 4.79 Å². The second-order valence-electron chi connectivity index (χ2n) is 3.20. The van der Waals surface area contributed by atoms with Crippen molar-refractivity contribution in [2.45, 2.75) is 38.5 Å². The predicted octanol–water partition coefficient (Wildman–Crippen LogP) is 2.68. The van der Waals surface area contributed by atoms with Crippen molar-refractivity contribution < 1.29 is 4.79 Å². The Hall–Kier alpha value is -0.300. The molecule has 0 heterocycles. The molecule has 0 N–H and O–H groups in total. The van der Waals surface area contributed by atoms with E-state index in [-0.39, 0.29) is 11.2 Å². The Bertz CT molecular complexity index is 202. The quantitative estimate of drug-likeness (QED) is 0.406. The van der Waals surface area contributed by atoms with Crippen LogP contribution in [0.25, 0.3) is 0 Å². The number of alkyl halides is 1. The van der Waals surface area contributed by atoms with Gasteiger partial charge in [0.15, 0.2) is 5.78 Å². The first kappa shape index (κ1) is 8.79. The van der Waals surface area contributed by atoms with E-state index in [1.807, 2.05) is 13.8 Å². The van der Waals surface area contributed by atoms with Gasteiger partial charge in [0.25, 0.3) is 0 Å². The second kappa shape index (κ2) is 3.40. The highest BCUT2D eigenvalue weighted by molar-refractivity contribution is 6.34. The Labute approximate surface area is 72.4 Å². The first-order valence-corrected chi connectivity index (χ1v) is 4.41. The largest absolute Gasteiger partial charge is 0.293 e. The highest BCUT2D eigenvalue weighted by Gasteiger charge is 2.24. The molecule has 0 radical (unpaired) electrons. The minimum Gasteiger partial charge on any atom is -0.293 e. The molecule has 1 fully saturated rings. The Kier molecular flexibility index (Phi) is 2.72. The summed E-state index contributed by atoms with van der Waals surface area (Å²) in [5.74, 6) is 0.151. The lowest BCUT2D eigenvalue weighted by Crippen LogP contribution is -2.22. The molecule has 62 valence electrons. The second-order valence-corrected chi connectivity index (χ2v) is 3.73. The highest BCUT2D eigenvalue weighted by atomic mass is 35.5. The smallest absolute Gasteiger partial charge is 0.176 e. The maximum Gasteiger partial charge on any atom is 0.176 e. The molecule has 11 heavy (non-hydrogen) atoms. The molecule has 2 heteroatoms. The lowest BCUT2D eigenvalue weighted by molar-refractivity contribution is -0.116. The van der Waals surface area contributed by atoms with Crippen LogP contribution in [0.15, 0.2) is 11.1 Å². The van der Waals surface area contributed by atoms with Gasteiger partial charge >= 0.3 is 0 Å². The van der Waals surface area contributed by atoms with Crippen molar-refractivity contribution in [3.05, 3.63) is 11.1 Å². The molecule has 0 aromatic carbocycles. The molecule has 0 saturated heterocycles. The van der Waals surface area contributed by atoms with Gasteiger partial charge in [-0.2, -0.15) is 0 Å². The molecule has 0 aromatic heterocycles. The first-order chi connectivity index (χ1) is 5.13. The molecule has 0 amide bonds. The molecule has 0 aromatic rings. The molecular weight excluding hydrogens is 160 g/mol. The van der Waals surface area contributed by atoms with Crippen LogP contribution in [-0.4, -0.2) is 11.2 Å². The lowest BCUT2D eigenvalue weighted by Gasteiger charge is -2.18. The van der Waals surface area contributed by atoms with Crippen LogP contribution in [0.2, 0.25) is 0 Å². The van der Waals surface area contributed by atoms with E-state index in [0.29, 0.717) is 0 Å².